The number of carbonyl (C=O) groups is 2. The Kier molecular flexibility index (Phi) is 5.74. The molecule has 2 amide bonds. The Balaban J connectivity index is 1.15. The van der Waals surface area contributed by atoms with Crippen LogP contribution in [0.1, 0.15) is 57.4 Å². The molecule has 218 valence electrons. The van der Waals surface area contributed by atoms with Crippen LogP contribution in [0.25, 0.3) is 22.3 Å². The second-order valence-electron chi connectivity index (χ2n) is 12.9. The fourth-order valence-electron chi connectivity index (χ4n) is 8.85. The number of ether oxygens (including phenoxy) is 2. The highest BCUT2D eigenvalue weighted by molar-refractivity contribution is 6.02. The molecule has 42 heavy (non-hydrogen) atoms. The van der Waals surface area contributed by atoms with Crippen LogP contribution in [0.5, 0.6) is 11.5 Å². The van der Waals surface area contributed by atoms with Gasteiger partial charge in [-0.1, -0.05) is 6.58 Å². The average Bonchev–Trinajstić information content (AvgIpc) is 3.63. The molecule has 0 radical (unpaired) electrons. The van der Waals surface area contributed by atoms with E-state index in [-0.39, 0.29) is 30.1 Å². The van der Waals surface area contributed by atoms with Gasteiger partial charge in [-0.05, 0) is 87.3 Å². The second-order valence-corrected chi connectivity index (χ2v) is 12.9. The van der Waals surface area contributed by atoms with Crippen molar-refractivity contribution < 1.29 is 19.1 Å². The van der Waals surface area contributed by atoms with Gasteiger partial charge < -0.3 is 25.4 Å². The van der Waals surface area contributed by atoms with Crippen LogP contribution in [-0.2, 0) is 9.59 Å². The van der Waals surface area contributed by atoms with Crippen LogP contribution in [0, 0.1) is 23.2 Å². The van der Waals surface area contributed by atoms with Gasteiger partial charge in [-0.15, -0.1) is 0 Å². The maximum absolute atomic E-state index is 13.8. The second kappa shape index (κ2) is 9.43. The van der Waals surface area contributed by atoms with Gasteiger partial charge in [0.05, 0.1) is 22.5 Å². The molecule has 4 saturated carbocycles. The first-order chi connectivity index (χ1) is 20.4. The van der Waals surface area contributed by atoms with Gasteiger partial charge in [-0.2, -0.15) is 5.10 Å². The molecule has 1 saturated heterocycles. The molecule has 9 rings (SSSR count). The Morgan fingerprint density at radius 1 is 1.07 bits per heavy atom. The van der Waals surface area contributed by atoms with Crippen molar-refractivity contribution in [3.8, 4) is 22.8 Å². The number of anilines is 2. The minimum absolute atomic E-state index is 0.0401. The molecule has 2 aromatic heterocycles. The highest BCUT2D eigenvalue weighted by Crippen LogP contribution is 2.60. The maximum Gasteiger partial charge on any atom is 0.246 e. The van der Waals surface area contributed by atoms with Crippen molar-refractivity contribution in [2.75, 3.05) is 30.9 Å². The van der Waals surface area contributed by atoms with E-state index in [9.17, 15) is 9.59 Å². The van der Waals surface area contributed by atoms with Crippen LogP contribution >= 0.6 is 0 Å². The molecule has 0 spiro atoms. The van der Waals surface area contributed by atoms with Gasteiger partial charge in [0.15, 0.2) is 17.1 Å². The Morgan fingerprint density at radius 2 is 1.81 bits per heavy atom. The van der Waals surface area contributed by atoms with Crippen molar-refractivity contribution in [3.05, 3.63) is 31.1 Å². The summed E-state index contributed by atoms with van der Waals surface area (Å²) < 4.78 is 13.8. The molecule has 0 unspecified atom stereocenters. The fraction of sp³-hybridized carbons (Fsp3) is 0.516. The van der Waals surface area contributed by atoms with E-state index in [0.29, 0.717) is 76.1 Å². The number of aromatic nitrogens is 4. The van der Waals surface area contributed by atoms with Gasteiger partial charge in [0.2, 0.25) is 18.6 Å². The minimum Gasteiger partial charge on any atom is -0.453 e. The van der Waals surface area contributed by atoms with E-state index in [1.807, 2.05) is 16.8 Å². The van der Waals surface area contributed by atoms with Crippen molar-refractivity contribution in [1.82, 2.24) is 24.6 Å². The maximum atomic E-state index is 13.8. The smallest absolute Gasteiger partial charge is 0.246 e. The number of carbonyl (C=O) groups excluding carboxylic acids is 2. The minimum atomic E-state index is -0.276. The van der Waals surface area contributed by atoms with Crippen molar-refractivity contribution in [2.45, 2.75) is 57.4 Å². The van der Waals surface area contributed by atoms with E-state index in [1.165, 1.54) is 31.7 Å². The molecular formula is C31H35N7O4. The number of fused-ring (bicyclic) bond motifs is 2. The summed E-state index contributed by atoms with van der Waals surface area (Å²) in [5, 5.41) is 8.86. The number of nitrogens with two attached hydrogens (primary N) is 1. The van der Waals surface area contributed by atoms with Crippen molar-refractivity contribution in [2.24, 2.45) is 23.2 Å². The molecule has 1 atom stereocenters. The third-order valence-corrected chi connectivity index (χ3v) is 10.3. The number of nitrogens with zero attached hydrogens (tertiary/aromatic N) is 5. The lowest BCUT2D eigenvalue weighted by Crippen LogP contribution is -2.51. The van der Waals surface area contributed by atoms with Crippen molar-refractivity contribution in [1.29, 1.82) is 0 Å². The average molecular weight is 570 g/mol. The number of amides is 2. The van der Waals surface area contributed by atoms with Crippen LogP contribution in [0.15, 0.2) is 31.1 Å². The zero-order chi connectivity index (χ0) is 28.6. The topological polar surface area (TPSA) is 137 Å². The third kappa shape index (κ3) is 3.89. The molecular weight excluding hydrogens is 534 g/mol. The SMILES string of the molecule is C=CC(=O)N1CCC[C@@H](n2nc(-c3ccc(NC(=O)C45CC6CC(CC(C6)C4)C5)c4c3OCO4)c3c(N)ncnc32)C1. The summed E-state index contributed by atoms with van der Waals surface area (Å²) in [7, 11) is 0. The first-order valence-corrected chi connectivity index (χ1v) is 15.1. The first-order valence-electron chi connectivity index (χ1n) is 15.1. The number of nitrogens with one attached hydrogen (secondary N) is 1. The molecule has 3 N–H and O–H groups in total. The highest BCUT2D eigenvalue weighted by Gasteiger charge is 2.54. The highest BCUT2D eigenvalue weighted by atomic mass is 16.7. The predicted octanol–water partition coefficient (Wildman–Crippen LogP) is 4.31. The molecule has 6 aliphatic rings. The molecule has 4 bridgehead atoms. The van der Waals surface area contributed by atoms with Crippen molar-refractivity contribution in [3.63, 3.8) is 0 Å². The fourth-order valence-corrected chi connectivity index (χ4v) is 8.85. The van der Waals surface area contributed by atoms with E-state index in [2.05, 4.69) is 21.9 Å². The van der Waals surface area contributed by atoms with Gasteiger partial charge in [-0.3, -0.25) is 9.59 Å². The summed E-state index contributed by atoms with van der Waals surface area (Å²) in [5.74, 6) is 3.37. The summed E-state index contributed by atoms with van der Waals surface area (Å²) in [6.45, 7) is 4.86. The number of piperidine rings is 1. The number of likely N-dealkylation sites (tertiary alicyclic amines) is 1. The lowest BCUT2D eigenvalue weighted by Gasteiger charge is -2.55. The number of hydrogen-bond acceptors (Lipinski definition) is 8. The van der Waals surface area contributed by atoms with E-state index < -0.39 is 0 Å². The Hall–Kier alpha value is -4.15. The zero-order valence-electron chi connectivity index (χ0n) is 23.6. The molecule has 1 aromatic carbocycles. The first kappa shape index (κ1) is 25.6. The Morgan fingerprint density at radius 3 is 2.55 bits per heavy atom. The summed E-state index contributed by atoms with van der Waals surface area (Å²) in [6, 6.07) is 3.68. The predicted molar refractivity (Wildman–Crippen MR) is 156 cm³/mol. The molecule has 11 heteroatoms. The lowest BCUT2D eigenvalue weighted by atomic mass is 9.49. The van der Waals surface area contributed by atoms with Crippen LogP contribution in [0.3, 0.4) is 0 Å². The summed E-state index contributed by atoms with van der Waals surface area (Å²) in [5.41, 5.74) is 8.62. The standard InChI is InChI=1S/C31H35N7O4/c1-2-23(39)37-7-3-4-20(14-37)38-29-24(28(32)33-15-34-29)25(36-38)21-5-6-22(27-26(21)41-16-42-27)35-30(40)31-11-17-8-18(12-31)10-19(9-17)13-31/h2,5-6,15,17-20H,1,3-4,7-14,16H2,(H,35,40)(H2,32,33,34)/t17?,18?,19?,20-,31?/m1/s1. The van der Waals surface area contributed by atoms with E-state index in [0.717, 1.165) is 32.1 Å². The lowest BCUT2D eigenvalue weighted by molar-refractivity contribution is -0.140. The van der Waals surface area contributed by atoms with Gasteiger partial charge >= 0.3 is 0 Å². The largest absolute Gasteiger partial charge is 0.453 e. The molecule has 4 aliphatic carbocycles. The number of hydrogen-bond donors (Lipinski definition) is 2. The van der Waals surface area contributed by atoms with Gasteiger partial charge in [0.25, 0.3) is 0 Å². The molecule has 11 nitrogen and oxygen atoms in total. The summed E-state index contributed by atoms with van der Waals surface area (Å²) >= 11 is 0. The van der Waals surface area contributed by atoms with E-state index in [1.54, 1.807) is 4.90 Å². The summed E-state index contributed by atoms with van der Waals surface area (Å²) in [4.78, 5) is 36.8. The third-order valence-electron chi connectivity index (χ3n) is 10.3. The number of benzene rings is 1. The Bertz CT molecular complexity index is 1600. The van der Waals surface area contributed by atoms with Crippen molar-refractivity contribution >= 4 is 34.4 Å². The normalized spacial score (nSPS) is 29.2. The van der Waals surface area contributed by atoms with Crippen LogP contribution < -0.4 is 20.5 Å². The zero-order valence-corrected chi connectivity index (χ0v) is 23.6. The van der Waals surface area contributed by atoms with Gasteiger partial charge in [0, 0.05) is 18.7 Å². The van der Waals surface area contributed by atoms with Crippen LogP contribution in [0.2, 0.25) is 0 Å². The molecule has 4 heterocycles. The number of nitrogen functional groups attached to an aromatic ring is 1. The molecule has 5 fully saturated rings. The Labute approximate surface area is 243 Å². The van der Waals surface area contributed by atoms with Crippen LogP contribution in [0.4, 0.5) is 11.5 Å². The quantitative estimate of drug-likeness (QED) is 0.434. The van der Waals surface area contributed by atoms with Gasteiger partial charge in [-0.25, -0.2) is 14.6 Å². The van der Waals surface area contributed by atoms with Crippen LogP contribution in [-0.4, -0.2) is 56.3 Å². The molecule has 2 aliphatic heterocycles. The monoisotopic (exact) mass is 569 g/mol. The summed E-state index contributed by atoms with van der Waals surface area (Å²) in [6.07, 6.45) is 11.3. The van der Waals surface area contributed by atoms with E-state index >= 15 is 0 Å². The van der Waals surface area contributed by atoms with Gasteiger partial charge in [0.1, 0.15) is 17.8 Å². The number of rotatable bonds is 5. The molecule has 3 aromatic rings. The van der Waals surface area contributed by atoms with E-state index in [4.69, 9.17) is 20.3 Å².